The summed E-state index contributed by atoms with van der Waals surface area (Å²) in [5.74, 6) is 0.727. The average molecular weight is 210 g/mol. The summed E-state index contributed by atoms with van der Waals surface area (Å²) >= 11 is 0. The molecule has 0 bridgehead atoms. The van der Waals surface area contributed by atoms with Gasteiger partial charge in [0, 0.05) is 0 Å². The third-order valence-corrected chi connectivity index (χ3v) is 3.41. The van der Waals surface area contributed by atoms with Crippen LogP contribution in [0.4, 0.5) is 0 Å². The van der Waals surface area contributed by atoms with E-state index in [9.17, 15) is 0 Å². The molecule has 0 radical (unpaired) electrons. The van der Waals surface area contributed by atoms with E-state index in [2.05, 4.69) is 27.4 Å². The maximum atomic E-state index is 4.17. The molecule has 90 valence electrons. The summed E-state index contributed by atoms with van der Waals surface area (Å²) in [6.07, 6.45) is 12.3. The van der Waals surface area contributed by atoms with E-state index in [4.69, 9.17) is 0 Å². The molecule has 0 spiro atoms. The van der Waals surface area contributed by atoms with Gasteiger partial charge in [-0.05, 0) is 25.2 Å². The third-order valence-electron chi connectivity index (χ3n) is 3.41. The van der Waals surface area contributed by atoms with Crippen LogP contribution in [0.25, 0.3) is 0 Å². The first-order chi connectivity index (χ1) is 7.22. The molecule has 0 aromatic heterocycles. The van der Waals surface area contributed by atoms with Gasteiger partial charge in [-0.3, -0.25) is 0 Å². The Morgan fingerprint density at radius 3 is 2.00 bits per heavy atom. The highest BCUT2D eigenvalue weighted by Crippen LogP contribution is 2.19. The summed E-state index contributed by atoms with van der Waals surface area (Å²) < 4.78 is 0. The van der Waals surface area contributed by atoms with E-state index in [1.807, 2.05) is 0 Å². The first-order valence-electron chi connectivity index (χ1n) is 6.90. The summed E-state index contributed by atoms with van der Waals surface area (Å²) in [6, 6.07) is 0. The molecule has 0 nitrogen and oxygen atoms in total. The van der Waals surface area contributed by atoms with Crippen LogP contribution < -0.4 is 0 Å². The Hall–Kier alpha value is -0.260. The van der Waals surface area contributed by atoms with Gasteiger partial charge in [-0.1, -0.05) is 71.4 Å². The second-order valence-electron chi connectivity index (χ2n) is 4.84. The molecule has 1 unspecified atom stereocenters. The van der Waals surface area contributed by atoms with Crippen LogP contribution in [0.5, 0.6) is 0 Å². The Bertz CT molecular complexity index is 146. The van der Waals surface area contributed by atoms with E-state index in [1.165, 1.54) is 63.4 Å². The second-order valence-corrected chi connectivity index (χ2v) is 4.84. The van der Waals surface area contributed by atoms with Gasteiger partial charge < -0.3 is 0 Å². The van der Waals surface area contributed by atoms with Crippen LogP contribution in [0.15, 0.2) is 12.2 Å². The van der Waals surface area contributed by atoms with Crippen molar-refractivity contribution in [1.82, 2.24) is 0 Å². The zero-order valence-corrected chi connectivity index (χ0v) is 11.1. The van der Waals surface area contributed by atoms with Crippen molar-refractivity contribution in [3.8, 4) is 0 Å². The maximum Gasteiger partial charge on any atom is -0.0237 e. The SMILES string of the molecule is C=C(CCCCCCCCC)C(C)CC. The molecule has 0 saturated heterocycles. The highest BCUT2D eigenvalue weighted by molar-refractivity contribution is 4.98. The van der Waals surface area contributed by atoms with Crippen LogP contribution in [-0.4, -0.2) is 0 Å². The molecule has 0 saturated carbocycles. The minimum atomic E-state index is 0.727. The Labute approximate surface area is 97.2 Å². The third kappa shape index (κ3) is 8.72. The van der Waals surface area contributed by atoms with Gasteiger partial charge in [0.2, 0.25) is 0 Å². The lowest BCUT2D eigenvalue weighted by atomic mass is 9.95. The molecule has 0 aliphatic carbocycles. The smallest absolute Gasteiger partial charge is 0.0237 e. The monoisotopic (exact) mass is 210 g/mol. The molecule has 0 aliphatic rings. The first-order valence-corrected chi connectivity index (χ1v) is 6.90. The van der Waals surface area contributed by atoms with Crippen LogP contribution in [0, 0.1) is 5.92 Å². The van der Waals surface area contributed by atoms with Crippen molar-refractivity contribution >= 4 is 0 Å². The molecule has 0 aromatic carbocycles. The van der Waals surface area contributed by atoms with E-state index in [0.29, 0.717) is 0 Å². The standard InChI is InChI=1S/C15H30/c1-5-7-8-9-10-11-12-13-15(4)14(3)6-2/h14H,4-13H2,1-3H3. The van der Waals surface area contributed by atoms with Crippen molar-refractivity contribution < 1.29 is 0 Å². The lowest BCUT2D eigenvalue weighted by Gasteiger charge is -2.11. The minimum absolute atomic E-state index is 0.727. The fraction of sp³-hybridized carbons (Fsp3) is 0.867. The predicted molar refractivity (Wildman–Crippen MR) is 71.2 cm³/mol. The number of hydrogen-bond acceptors (Lipinski definition) is 0. The largest absolute Gasteiger partial charge is 0.0996 e. The zero-order chi connectivity index (χ0) is 11.5. The highest BCUT2D eigenvalue weighted by Gasteiger charge is 2.02. The molecular formula is C15H30. The highest BCUT2D eigenvalue weighted by atomic mass is 14.1. The number of allylic oxidation sites excluding steroid dienone is 1. The molecule has 0 aromatic rings. The number of rotatable bonds is 10. The molecule has 0 N–H and O–H groups in total. The van der Waals surface area contributed by atoms with E-state index in [1.54, 1.807) is 0 Å². The molecular weight excluding hydrogens is 180 g/mol. The maximum absolute atomic E-state index is 4.17. The molecule has 0 aliphatic heterocycles. The van der Waals surface area contributed by atoms with Crippen molar-refractivity contribution in [1.29, 1.82) is 0 Å². The second kappa shape index (κ2) is 10.3. The van der Waals surface area contributed by atoms with Gasteiger partial charge in [0.25, 0.3) is 0 Å². The van der Waals surface area contributed by atoms with Crippen molar-refractivity contribution in [3.05, 3.63) is 12.2 Å². The van der Waals surface area contributed by atoms with Gasteiger partial charge in [-0.15, -0.1) is 0 Å². The van der Waals surface area contributed by atoms with E-state index >= 15 is 0 Å². The fourth-order valence-corrected chi connectivity index (χ4v) is 1.84. The first kappa shape index (κ1) is 14.7. The van der Waals surface area contributed by atoms with Crippen molar-refractivity contribution in [2.24, 2.45) is 5.92 Å². The van der Waals surface area contributed by atoms with Gasteiger partial charge in [0.1, 0.15) is 0 Å². The summed E-state index contributed by atoms with van der Waals surface area (Å²) in [7, 11) is 0. The Balaban J connectivity index is 3.20. The van der Waals surface area contributed by atoms with Gasteiger partial charge in [0.05, 0.1) is 0 Å². The van der Waals surface area contributed by atoms with Crippen LogP contribution >= 0.6 is 0 Å². The lowest BCUT2D eigenvalue weighted by molar-refractivity contribution is 0.563. The quantitative estimate of drug-likeness (QED) is 0.319. The van der Waals surface area contributed by atoms with Gasteiger partial charge >= 0.3 is 0 Å². The lowest BCUT2D eigenvalue weighted by Crippen LogP contribution is -1.96. The number of hydrogen-bond donors (Lipinski definition) is 0. The van der Waals surface area contributed by atoms with Crippen molar-refractivity contribution in [3.63, 3.8) is 0 Å². The molecule has 0 heteroatoms. The Morgan fingerprint density at radius 1 is 0.933 bits per heavy atom. The van der Waals surface area contributed by atoms with E-state index in [0.717, 1.165) is 5.92 Å². The topological polar surface area (TPSA) is 0 Å². The van der Waals surface area contributed by atoms with Crippen LogP contribution in [-0.2, 0) is 0 Å². The van der Waals surface area contributed by atoms with E-state index < -0.39 is 0 Å². The van der Waals surface area contributed by atoms with Crippen molar-refractivity contribution in [2.45, 2.75) is 78.6 Å². The summed E-state index contributed by atoms with van der Waals surface area (Å²) in [6.45, 7) is 11.0. The Kier molecular flexibility index (Phi) is 10.1. The van der Waals surface area contributed by atoms with Crippen molar-refractivity contribution in [2.75, 3.05) is 0 Å². The minimum Gasteiger partial charge on any atom is -0.0996 e. The van der Waals surface area contributed by atoms with Crippen LogP contribution in [0.1, 0.15) is 78.6 Å². The molecule has 0 fully saturated rings. The van der Waals surface area contributed by atoms with Gasteiger partial charge in [-0.2, -0.15) is 0 Å². The molecule has 0 rings (SSSR count). The molecule has 15 heavy (non-hydrogen) atoms. The average Bonchev–Trinajstić information content (AvgIpc) is 2.26. The molecule has 0 amide bonds. The summed E-state index contributed by atoms with van der Waals surface area (Å²) in [5.41, 5.74) is 1.46. The summed E-state index contributed by atoms with van der Waals surface area (Å²) in [4.78, 5) is 0. The van der Waals surface area contributed by atoms with Crippen LogP contribution in [0.3, 0.4) is 0 Å². The van der Waals surface area contributed by atoms with Gasteiger partial charge in [0.15, 0.2) is 0 Å². The normalized spacial score (nSPS) is 12.7. The predicted octanol–water partition coefficient (Wildman–Crippen LogP) is 5.73. The fourth-order valence-electron chi connectivity index (χ4n) is 1.84. The number of unbranched alkanes of at least 4 members (excludes halogenated alkanes) is 6. The van der Waals surface area contributed by atoms with Gasteiger partial charge in [-0.25, -0.2) is 0 Å². The zero-order valence-electron chi connectivity index (χ0n) is 11.1. The Morgan fingerprint density at radius 2 is 1.47 bits per heavy atom. The van der Waals surface area contributed by atoms with Crippen LogP contribution in [0.2, 0.25) is 0 Å². The van der Waals surface area contributed by atoms with E-state index in [-0.39, 0.29) is 0 Å². The molecule has 1 atom stereocenters. The molecule has 0 heterocycles. The summed E-state index contributed by atoms with van der Waals surface area (Å²) in [5, 5.41) is 0.